The summed E-state index contributed by atoms with van der Waals surface area (Å²) >= 11 is 0. The maximum Gasteiger partial charge on any atom is 0.201 e. The molecule has 2 unspecified atom stereocenters. The zero-order chi connectivity index (χ0) is 21.3. The molecule has 2 aliphatic rings. The van der Waals surface area contributed by atoms with Gasteiger partial charge in [-0.1, -0.05) is 38.5 Å². The first kappa shape index (κ1) is 22.0. The van der Waals surface area contributed by atoms with E-state index in [0.29, 0.717) is 23.7 Å². The minimum Gasteiger partial charge on any atom is -0.468 e. The lowest BCUT2D eigenvalue weighted by atomic mass is 9.85. The Kier molecular flexibility index (Phi) is 6.54. The number of carbonyl (C=O) groups excluding carboxylic acids is 1. The molecule has 1 aromatic rings. The molecule has 0 bridgehead atoms. The average molecular weight is 401 g/mol. The molecule has 1 aromatic carbocycles. The van der Waals surface area contributed by atoms with Gasteiger partial charge < -0.3 is 14.6 Å². The smallest absolute Gasteiger partial charge is 0.201 e. The molecule has 1 heterocycles. The van der Waals surface area contributed by atoms with Gasteiger partial charge in [0.1, 0.15) is 5.76 Å². The minimum absolute atomic E-state index is 0.0737. The number of aryl methyl sites for hydroxylation is 3. The first-order chi connectivity index (χ1) is 13.6. The lowest BCUT2D eigenvalue weighted by Gasteiger charge is -2.27. The van der Waals surface area contributed by atoms with Gasteiger partial charge in [0.05, 0.1) is 5.57 Å². The Balaban J connectivity index is 1.96. The summed E-state index contributed by atoms with van der Waals surface area (Å²) in [5, 5.41) is 10.6. The molecule has 0 amide bonds. The fourth-order valence-electron chi connectivity index (χ4n) is 4.59. The van der Waals surface area contributed by atoms with E-state index in [-0.39, 0.29) is 11.7 Å². The third kappa shape index (κ3) is 4.92. The van der Waals surface area contributed by atoms with Gasteiger partial charge in [-0.05, 0) is 62.6 Å². The van der Waals surface area contributed by atoms with E-state index < -0.39 is 11.7 Å². The number of rotatable bonds is 5. The van der Waals surface area contributed by atoms with Crippen molar-refractivity contribution >= 4 is 11.4 Å². The largest absolute Gasteiger partial charge is 0.468 e. The number of ketones is 1. The molecule has 1 N–H and O–H groups in total. The number of hydrogen-bond acceptors (Lipinski definition) is 4. The predicted octanol–water partition coefficient (Wildman–Crippen LogP) is 5.11. The first-order valence-electron chi connectivity index (χ1n) is 10.9. The number of aliphatic hydroxyl groups excluding tert-OH is 1. The van der Waals surface area contributed by atoms with Crippen molar-refractivity contribution in [3.8, 4) is 0 Å². The highest BCUT2D eigenvalue weighted by atomic mass is 16.6. The van der Waals surface area contributed by atoms with Crippen LogP contribution in [0.1, 0.15) is 68.7 Å². The maximum absolute atomic E-state index is 13.6. The molecule has 4 nitrogen and oxygen atoms in total. The topological polar surface area (TPSA) is 55.8 Å². The summed E-state index contributed by atoms with van der Waals surface area (Å²) in [4.78, 5) is 13.6. The summed E-state index contributed by atoms with van der Waals surface area (Å²) in [7, 11) is 0. The lowest BCUT2D eigenvalue weighted by Crippen LogP contribution is -2.28. The van der Waals surface area contributed by atoms with Crippen molar-refractivity contribution in [2.75, 3.05) is 13.2 Å². The molecular weight excluding hydrogens is 364 g/mol. The second-order valence-electron chi connectivity index (χ2n) is 9.96. The van der Waals surface area contributed by atoms with Gasteiger partial charge in [0, 0.05) is 31.0 Å². The average Bonchev–Trinajstić information content (AvgIpc) is 2.90. The standard InChI is InChI=1S/C25H36O4/c1-15-11-16(2)21(17(3)12-15)22-20(29-24(27)25(4,5)6)14-19(23(22)26)13-18-7-9-28-10-8-18/h11-12,18-19,24,27H,7-10,13-14H2,1-6H3. The highest BCUT2D eigenvalue weighted by molar-refractivity contribution is 6.25. The highest BCUT2D eigenvalue weighted by Crippen LogP contribution is 2.43. The molecule has 0 saturated carbocycles. The van der Waals surface area contributed by atoms with E-state index >= 15 is 0 Å². The Morgan fingerprint density at radius 3 is 2.28 bits per heavy atom. The second-order valence-corrected chi connectivity index (χ2v) is 9.96. The third-order valence-electron chi connectivity index (χ3n) is 6.21. The van der Waals surface area contributed by atoms with Crippen LogP contribution in [0.4, 0.5) is 0 Å². The Labute approximate surface area is 175 Å². The van der Waals surface area contributed by atoms with E-state index in [1.165, 1.54) is 5.56 Å². The molecule has 3 rings (SSSR count). The number of allylic oxidation sites excluding steroid dienone is 2. The SMILES string of the molecule is Cc1cc(C)c(C2=C(OC(O)C(C)(C)C)CC(CC3CCOCC3)C2=O)c(C)c1. The molecule has 0 radical (unpaired) electrons. The van der Waals surface area contributed by atoms with Crippen molar-refractivity contribution in [2.24, 2.45) is 17.3 Å². The van der Waals surface area contributed by atoms with Crippen molar-refractivity contribution < 1.29 is 19.4 Å². The van der Waals surface area contributed by atoms with Crippen LogP contribution in [-0.4, -0.2) is 30.4 Å². The van der Waals surface area contributed by atoms with E-state index in [9.17, 15) is 9.90 Å². The van der Waals surface area contributed by atoms with Crippen molar-refractivity contribution in [2.45, 2.75) is 73.5 Å². The molecule has 0 spiro atoms. The zero-order valence-corrected chi connectivity index (χ0v) is 18.8. The quantitative estimate of drug-likeness (QED) is 0.698. The summed E-state index contributed by atoms with van der Waals surface area (Å²) in [6.07, 6.45) is 2.53. The Bertz CT molecular complexity index is 771. The summed E-state index contributed by atoms with van der Waals surface area (Å²) in [6.45, 7) is 13.6. The van der Waals surface area contributed by atoms with E-state index in [0.717, 1.165) is 49.2 Å². The Hall–Kier alpha value is -1.65. The highest BCUT2D eigenvalue weighted by Gasteiger charge is 2.39. The van der Waals surface area contributed by atoms with Crippen LogP contribution in [0.5, 0.6) is 0 Å². The number of aliphatic hydroxyl groups is 1. The van der Waals surface area contributed by atoms with Gasteiger partial charge in [-0.3, -0.25) is 4.79 Å². The van der Waals surface area contributed by atoms with E-state index in [1.807, 2.05) is 20.8 Å². The third-order valence-corrected chi connectivity index (χ3v) is 6.21. The van der Waals surface area contributed by atoms with Gasteiger partial charge in [0.15, 0.2) is 5.78 Å². The van der Waals surface area contributed by atoms with Gasteiger partial charge >= 0.3 is 0 Å². The number of hydrogen-bond donors (Lipinski definition) is 1. The molecule has 2 atom stereocenters. The number of Topliss-reactive ketones (excluding diaryl/α,β-unsaturated/α-hetero) is 1. The molecular formula is C25H36O4. The lowest BCUT2D eigenvalue weighted by molar-refractivity contribution is -0.133. The van der Waals surface area contributed by atoms with Crippen LogP contribution in [0.25, 0.3) is 5.57 Å². The summed E-state index contributed by atoms with van der Waals surface area (Å²) in [6, 6.07) is 4.23. The minimum atomic E-state index is -0.951. The van der Waals surface area contributed by atoms with Crippen molar-refractivity contribution in [1.29, 1.82) is 0 Å². The van der Waals surface area contributed by atoms with Gasteiger partial charge in [-0.15, -0.1) is 0 Å². The molecule has 1 saturated heterocycles. The van der Waals surface area contributed by atoms with Crippen LogP contribution in [-0.2, 0) is 14.3 Å². The van der Waals surface area contributed by atoms with E-state index in [4.69, 9.17) is 9.47 Å². The van der Waals surface area contributed by atoms with Crippen molar-refractivity contribution in [3.63, 3.8) is 0 Å². The van der Waals surface area contributed by atoms with E-state index in [1.54, 1.807) is 0 Å². The van der Waals surface area contributed by atoms with Crippen LogP contribution in [0.3, 0.4) is 0 Å². The van der Waals surface area contributed by atoms with Crippen LogP contribution in [0, 0.1) is 38.0 Å². The maximum atomic E-state index is 13.6. The van der Waals surface area contributed by atoms with Gasteiger partial charge in [0.25, 0.3) is 0 Å². The van der Waals surface area contributed by atoms with Crippen molar-refractivity contribution in [1.82, 2.24) is 0 Å². The van der Waals surface area contributed by atoms with Crippen LogP contribution >= 0.6 is 0 Å². The fourth-order valence-corrected chi connectivity index (χ4v) is 4.59. The van der Waals surface area contributed by atoms with Crippen LogP contribution in [0.15, 0.2) is 17.9 Å². The fraction of sp³-hybridized carbons (Fsp3) is 0.640. The summed E-state index contributed by atoms with van der Waals surface area (Å²) < 4.78 is 11.5. The normalized spacial score (nSPS) is 22.3. The molecule has 1 aliphatic carbocycles. The van der Waals surface area contributed by atoms with Gasteiger partial charge in [-0.2, -0.15) is 0 Å². The Morgan fingerprint density at radius 2 is 1.72 bits per heavy atom. The Morgan fingerprint density at radius 1 is 1.14 bits per heavy atom. The van der Waals surface area contributed by atoms with Gasteiger partial charge in [-0.25, -0.2) is 0 Å². The van der Waals surface area contributed by atoms with E-state index in [2.05, 4.69) is 32.9 Å². The molecule has 0 aromatic heterocycles. The number of ether oxygens (including phenoxy) is 2. The predicted molar refractivity (Wildman–Crippen MR) is 115 cm³/mol. The molecule has 1 fully saturated rings. The monoisotopic (exact) mass is 400 g/mol. The molecule has 29 heavy (non-hydrogen) atoms. The van der Waals surface area contributed by atoms with Crippen LogP contribution < -0.4 is 0 Å². The second kappa shape index (κ2) is 8.61. The molecule has 1 aliphatic heterocycles. The van der Waals surface area contributed by atoms with Gasteiger partial charge in [0.2, 0.25) is 6.29 Å². The summed E-state index contributed by atoms with van der Waals surface area (Å²) in [5.74, 6) is 1.27. The van der Waals surface area contributed by atoms with Crippen molar-refractivity contribution in [3.05, 3.63) is 40.1 Å². The number of benzene rings is 1. The van der Waals surface area contributed by atoms with Crippen LogP contribution in [0.2, 0.25) is 0 Å². The number of carbonyl (C=O) groups is 1. The molecule has 160 valence electrons. The summed E-state index contributed by atoms with van der Waals surface area (Å²) in [5.41, 5.74) is 4.60. The zero-order valence-electron chi connectivity index (χ0n) is 18.8. The molecule has 4 heteroatoms. The first-order valence-corrected chi connectivity index (χ1v) is 10.9.